The molecule has 1 N–H and O–H groups in total. The zero-order valence-electron chi connectivity index (χ0n) is 13.2. The van der Waals surface area contributed by atoms with E-state index in [0.717, 1.165) is 24.2 Å². The van der Waals surface area contributed by atoms with Crippen molar-refractivity contribution in [2.75, 3.05) is 7.11 Å². The fraction of sp³-hybridized carbons (Fsp3) is 0.778. The van der Waals surface area contributed by atoms with Gasteiger partial charge in [-0.25, -0.2) is 0 Å². The topological polar surface area (TPSA) is 21.3 Å². The Balaban J connectivity index is 1.65. The Bertz CT molecular complexity index is 402. The second-order valence-corrected chi connectivity index (χ2v) is 7.32. The third kappa shape index (κ3) is 2.95. The molecule has 1 heterocycles. The fourth-order valence-electron chi connectivity index (χ4n) is 4.58. The maximum atomic E-state index is 5.46. The molecule has 2 heteroatoms. The Kier molecular flexibility index (Phi) is 4.21. The van der Waals surface area contributed by atoms with Crippen molar-refractivity contribution in [1.29, 1.82) is 0 Å². The van der Waals surface area contributed by atoms with E-state index in [9.17, 15) is 0 Å². The molecule has 112 valence electrons. The summed E-state index contributed by atoms with van der Waals surface area (Å²) < 4.78 is 5.46. The number of hydrogen-bond donors (Lipinski definition) is 1. The van der Waals surface area contributed by atoms with Crippen molar-refractivity contribution in [2.24, 2.45) is 17.8 Å². The van der Waals surface area contributed by atoms with Crippen LogP contribution in [0.1, 0.15) is 52.4 Å². The summed E-state index contributed by atoms with van der Waals surface area (Å²) in [6, 6.07) is 0.697. The number of allylic oxidation sites excluding steroid dienone is 1. The van der Waals surface area contributed by atoms with Crippen LogP contribution in [-0.4, -0.2) is 19.3 Å². The van der Waals surface area contributed by atoms with E-state index in [0.29, 0.717) is 12.1 Å². The molecule has 0 aromatic rings. The van der Waals surface area contributed by atoms with Crippen molar-refractivity contribution in [3.8, 4) is 0 Å². The summed E-state index contributed by atoms with van der Waals surface area (Å²) in [4.78, 5) is 0. The highest BCUT2D eigenvalue weighted by Crippen LogP contribution is 2.38. The lowest BCUT2D eigenvalue weighted by Crippen LogP contribution is -2.42. The van der Waals surface area contributed by atoms with Crippen molar-refractivity contribution in [2.45, 2.75) is 64.5 Å². The van der Waals surface area contributed by atoms with Crippen LogP contribution >= 0.6 is 0 Å². The molecule has 2 nitrogen and oxygen atoms in total. The van der Waals surface area contributed by atoms with Gasteiger partial charge in [0.05, 0.1) is 6.10 Å². The molecule has 20 heavy (non-hydrogen) atoms. The van der Waals surface area contributed by atoms with Gasteiger partial charge < -0.3 is 10.1 Å². The molecule has 0 bridgehead atoms. The van der Waals surface area contributed by atoms with Gasteiger partial charge in [-0.3, -0.25) is 0 Å². The standard InChI is InChI=1S/C18H29NO/c1-12-8-13(2)10-15(9-12)18-6-4-14-11-16(20-3)5-7-17(14)19-18/h5,7,12-13,15-16,18-19H,4,6,8-11H2,1-3H3. The Morgan fingerprint density at radius 1 is 1.15 bits per heavy atom. The number of methoxy groups -OCH3 is 1. The second-order valence-electron chi connectivity index (χ2n) is 7.32. The Morgan fingerprint density at radius 2 is 1.90 bits per heavy atom. The van der Waals surface area contributed by atoms with E-state index >= 15 is 0 Å². The lowest BCUT2D eigenvalue weighted by molar-refractivity contribution is 0.135. The first-order valence-electron chi connectivity index (χ1n) is 8.35. The van der Waals surface area contributed by atoms with Crippen molar-refractivity contribution in [3.63, 3.8) is 0 Å². The first kappa shape index (κ1) is 14.2. The van der Waals surface area contributed by atoms with Crippen molar-refractivity contribution < 1.29 is 4.74 Å². The Morgan fingerprint density at radius 3 is 2.60 bits per heavy atom. The average molecular weight is 275 g/mol. The number of ether oxygens (including phenoxy) is 1. The summed E-state index contributed by atoms with van der Waals surface area (Å²) in [5.41, 5.74) is 2.98. The van der Waals surface area contributed by atoms with Crippen LogP contribution in [-0.2, 0) is 4.74 Å². The minimum Gasteiger partial charge on any atom is -0.382 e. The van der Waals surface area contributed by atoms with Crippen LogP contribution in [0.4, 0.5) is 0 Å². The molecule has 0 saturated heterocycles. The molecule has 4 atom stereocenters. The minimum absolute atomic E-state index is 0.293. The van der Waals surface area contributed by atoms with Gasteiger partial charge in [0, 0.05) is 25.3 Å². The van der Waals surface area contributed by atoms with E-state index in [1.807, 2.05) is 7.11 Å². The molecular formula is C18H29NO. The highest BCUT2D eigenvalue weighted by Gasteiger charge is 2.33. The summed E-state index contributed by atoms with van der Waals surface area (Å²) in [5.74, 6) is 2.68. The quantitative estimate of drug-likeness (QED) is 0.821. The first-order valence-corrected chi connectivity index (χ1v) is 8.35. The number of hydrogen-bond acceptors (Lipinski definition) is 2. The van der Waals surface area contributed by atoms with Gasteiger partial charge in [-0.15, -0.1) is 0 Å². The summed E-state index contributed by atoms with van der Waals surface area (Å²) in [6.07, 6.45) is 12.7. The van der Waals surface area contributed by atoms with Gasteiger partial charge in [-0.1, -0.05) is 19.9 Å². The van der Waals surface area contributed by atoms with E-state index < -0.39 is 0 Å². The van der Waals surface area contributed by atoms with Crippen molar-refractivity contribution >= 4 is 0 Å². The Hall–Kier alpha value is -0.760. The van der Waals surface area contributed by atoms with Crippen LogP contribution in [0.3, 0.4) is 0 Å². The Labute approximate surface area is 123 Å². The highest BCUT2D eigenvalue weighted by molar-refractivity contribution is 5.32. The van der Waals surface area contributed by atoms with Gasteiger partial charge in [0.2, 0.25) is 0 Å². The van der Waals surface area contributed by atoms with E-state index in [2.05, 4.69) is 31.3 Å². The molecule has 1 fully saturated rings. The number of rotatable bonds is 2. The largest absolute Gasteiger partial charge is 0.382 e. The van der Waals surface area contributed by atoms with Crippen LogP contribution in [0.15, 0.2) is 23.4 Å². The molecule has 0 aromatic carbocycles. The highest BCUT2D eigenvalue weighted by atomic mass is 16.5. The van der Waals surface area contributed by atoms with Gasteiger partial charge in [0.25, 0.3) is 0 Å². The molecule has 0 spiro atoms. The van der Waals surface area contributed by atoms with Crippen LogP contribution in [0, 0.1) is 17.8 Å². The maximum absolute atomic E-state index is 5.46. The molecule has 2 aliphatic carbocycles. The monoisotopic (exact) mass is 275 g/mol. The van der Waals surface area contributed by atoms with E-state index in [4.69, 9.17) is 4.74 Å². The molecule has 3 rings (SSSR count). The van der Waals surface area contributed by atoms with E-state index in [1.54, 1.807) is 5.57 Å². The van der Waals surface area contributed by atoms with Crippen LogP contribution in [0.5, 0.6) is 0 Å². The zero-order valence-corrected chi connectivity index (χ0v) is 13.2. The van der Waals surface area contributed by atoms with Crippen molar-refractivity contribution in [3.05, 3.63) is 23.4 Å². The van der Waals surface area contributed by atoms with E-state index in [1.165, 1.54) is 37.8 Å². The first-order chi connectivity index (χ1) is 9.65. The van der Waals surface area contributed by atoms with Gasteiger partial charge in [0.15, 0.2) is 0 Å². The molecular weight excluding hydrogens is 246 g/mol. The zero-order chi connectivity index (χ0) is 14.1. The number of nitrogens with one attached hydrogen (secondary N) is 1. The van der Waals surface area contributed by atoms with Gasteiger partial charge in [-0.05, 0) is 61.5 Å². The normalized spacial score (nSPS) is 41.2. The smallest absolute Gasteiger partial charge is 0.0793 e. The maximum Gasteiger partial charge on any atom is 0.0793 e. The van der Waals surface area contributed by atoms with E-state index in [-0.39, 0.29) is 0 Å². The lowest BCUT2D eigenvalue weighted by atomic mass is 9.72. The van der Waals surface area contributed by atoms with Gasteiger partial charge in [0.1, 0.15) is 0 Å². The lowest BCUT2D eigenvalue weighted by Gasteiger charge is -2.40. The van der Waals surface area contributed by atoms with Crippen molar-refractivity contribution in [1.82, 2.24) is 5.32 Å². The second kappa shape index (κ2) is 5.93. The molecule has 1 aliphatic heterocycles. The van der Waals surface area contributed by atoms with Gasteiger partial charge in [-0.2, -0.15) is 0 Å². The summed E-state index contributed by atoms with van der Waals surface area (Å²) >= 11 is 0. The molecule has 0 aromatic heterocycles. The predicted molar refractivity (Wildman–Crippen MR) is 83.4 cm³/mol. The predicted octanol–water partition coefficient (Wildman–Crippen LogP) is 4.04. The summed E-state index contributed by atoms with van der Waals surface area (Å²) in [5, 5.41) is 3.85. The molecule has 0 amide bonds. The molecule has 4 unspecified atom stereocenters. The minimum atomic E-state index is 0.293. The van der Waals surface area contributed by atoms with Crippen LogP contribution < -0.4 is 5.32 Å². The summed E-state index contributed by atoms with van der Waals surface area (Å²) in [7, 11) is 1.81. The van der Waals surface area contributed by atoms with Crippen LogP contribution in [0.2, 0.25) is 0 Å². The molecule has 0 radical (unpaired) electrons. The SMILES string of the molecule is COC1C=CC2=C(CCC(C3CC(C)CC(C)C3)N2)C1. The average Bonchev–Trinajstić information content (AvgIpc) is 2.45. The fourth-order valence-corrected chi connectivity index (χ4v) is 4.58. The third-order valence-electron chi connectivity index (χ3n) is 5.49. The third-order valence-corrected chi connectivity index (χ3v) is 5.49. The molecule has 1 saturated carbocycles. The summed E-state index contributed by atoms with van der Waals surface area (Å²) in [6.45, 7) is 4.86. The molecule has 3 aliphatic rings. The van der Waals surface area contributed by atoms with Crippen LogP contribution in [0.25, 0.3) is 0 Å². The van der Waals surface area contributed by atoms with Gasteiger partial charge >= 0.3 is 0 Å².